The van der Waals surface area contributed by atoms with Gasteiger partial charge in [0.1, 0.15) is 5.41 Å². The second kappa shape index (κ2) is 8.28. The lowest BCUT2D eigenvalue weighted by atomic mass is 9.90. The second-order valence-corrected chi connectivity index (χ2v) is 7.38. The summed E-state index contributed by atoms with van der Waals surface area (Å²) in [6.07, 6.45) is 6.62. The molecule has 0 aliphatic heterocycles. The van der Waals surface area contributed by atoms with Gasteiger partial charge in [-0.25, -0.2) is 0 Å². The van der Waals surface area contributed by atoms with Gasteiger partial charge in [-0.3, -0.25) is 14.4 Å². The summed E-state index contributed by atoms with van der Waals surface area (Å²) in [5.41, 5.74) is -0.134. The second-order valence-electron chi connectivity index (χ2n) is 7.38. The summed E-state index contributed by atoms with van der Waals surface area (Å²) in [5, 5.41) is 5.80. The van der Waals surface area contributed by atoms with Crippen LogP contribution in [0.3, 0.4) is 0 Å². The van der Waals surface area contributed by atoms with Gasteiger partial charge in [0, 0.05) is 17.3 Å². The number of nitrogens with one attached hydrogen (secondary N) is 2. The molecular formula is C20H28N2O3. The van der Waals surface area contributed by atoms with E-state index in [2.05, 4.69) is 10.6 Å². The topological polar surface area (TPSA) is 75.3 Å². The van der Waals surface area contributed by atoms with Crippen LogP contribution in [-0.2, 0) is 9.59 Å². The molecule has 1 aromatic rings. The Morgan fingerprint density at radius 1 is 1.00 bits per heavy atom. The zero-order valence-corrected chi connectivity index (χ0v) is 15.4. The molecule has 0 spiro atoms. The normalized spacial score (nSPS) is 16.0. The van der Waals surface area contributed by atoms with Gasteiger partial charge in [-0.15, -0.1) is 0 Å². The van der Waals surface area contributed by atoms with Gasteiger partial charge >= 0.3 is 0 Å². The SMILES string of the molecule is CC(=O)c1cccc(NC(=O)C(C)(C)C(=O)NC2CCCCCC2)c1. The van der Waals surface area contributed by atoms with E-state index in [-0.39, 0.29) is 23.6 Å². The highest BCUT2D eigenvalue weighted by molar-refractivity contribution is 6.10. The lowest BCUT2D eigenvalue weighted by Gasteiger charge is -2.26. The first-order valence-corrected chi connectivity index (χ1v) is 9.04. The molecule has 0 atom stereocenters. The zero-order chi connectivity index (χ0) is 18.4. The number of carbonyl (C=O) groups is 3. The number of amides is 2. The van der Waals surface area contributed by atoms with Gasteiger partial charge in [-0.1, -0.05) is 37.8 Å². The van der Waals surface area contributed by atoms with Crippen LogP contribution in [0.1, 0.15) is 69.7 Å². The fraction of sp³-hybridized carbons (Fsp3) is 0.550. The predicted molar refractivity (Wildman–Crippen MR) is 98.5 cm³/mol. The van der Waals surface area contributed by atoms with E-state index in [0.29, 0.717) is 11.3 Å². The minimum absolute atomic E-state index is 0.0681. The molecular weight excluding hydrogens is 316 g/mol. The molecule has 1 saturated carbocycles. The van der Waals surface area contributed by atoms with Crippen molar-refractivity contribution in [1.82, 2.24) is 5.32 Å². The molecule has 25 heavy (non-hydrogen) atoms. The van der Waals surface area contributed by atoms with Crippen LogP contribution in [0, 0.1) is 5.41 Å². The largest absolute Gasteiger partial charge is 0.352 e. The Morgan fingerprint density at radius 3 is 2.24 bits per heavy atom. The first-order chi connectivity index (χ1) is 11.8. The lowest BCUT2D eigenvalue weighted by Crippen LogP contribution is -2.48. The van der Waals surface area contributed by atoms with E-state index in [4.69, 9.17) is 0 Å². The maximum Gasteiger partial charge on any atom is 0.239 e. The van der Waals surface area contributed by atoms with Crippen molar-refractivity contribution in [3.05, 3.63) is 29.8 Å². The van der Waals surface area contributed by atoms with Crippen molar-refractivity contribution in [2.24, 2.45) is 5.41 Å². The number of ketones is 1. The summed E-state index contributed by atoms with van der Waals surface area (Å²) in [7, 11) is 0. The first kappa shape index (κ1) is 19.2. The fourth-order valence-corrected chi connectivity index (χ4v) is 3.00. The highest BCUT2D eigenvalue weighted by Gasteiger charge is 2.37. The molecule has 5 heteroatoms. The van der Waals surface area contributed by atoms with Crippen LogP contribution in [0.15, 0.2) is 24.3 Å². The molecule has 0 unspecified atom stereocenters. The highest BCUT2D eigenvalue weighted by atomic mass is 16.2. The van der Waals surface area contributed by atoms with E-state index in [9.17, 15) is 14.4 Å². The van der Waals surface area contributed by atoms with Gasteiger partial charge in [0.05, 0.1) is 0 Å². The third-order valence-electron chi connectivity index (χ3n) is 4.85. The number of Topliss-reactive ketones (excluding diaryl/α,β-unsaturated/α-hetero) is 1. The van der Waals surface area contributed by atoms with Crippen LogP contribution in [0.5, 0.6) is 0 Å². The molecule has 0 radical (unpaired) electrons. The van der Waals surface area contributed by atoms with Crippen LogP contribution < -0.4 is 10.6 Å². The molecule has 0 bridgehead atoms. The molecule has 2 amide bonds. The van der Waals surface area contributed by atoms with E-state index in [1.165, 1.54) is 19.8 Å². The zero-order valence-electron chi connectivity index (χ0n) is 15.4. The van der Waals surface area contributed by atoms with E-state index in [1.54, 1.807) is 38.1 Å². The van der Waals surface area contributed by atoms with Crippen molar-refractivity contribution < 1.29 is 14.4 Å². The van der Waals surface area contributed by atoms with Crippen molar-refractivity contribution in [2.45, 2.75) is 65.3 Å². The summed E-state index contributed by atoms with van der Waals surface area (Å²) in [6.45, 7) is 4.73. The van der Waals surface area contributed by atoms with Crippen LogP contribution in [0.2, 0.25) is 0 Å². The maximum atomic E-state index is 12.6. The molecule has 2 rings (SSSR count). The van der Waals surface area contributed by atoms with Gasteiger partial charge in [-0.05, 0) is 45.7 Å². The molecule has 1 aliphatic carbocycles. The van der Waals surface area contributed by atoms with E-state index < -0.39 is 5.41 Å². The number of benzene rings is 1. The van der Waals surface area contributed by atoms with E-state index in [1.807, 2.05) is 0 Å². The standard InChI is InChI=1S/C20H28N2O3/c1-14(23)15-9-8-12-17(13-15)22-19(25)20(2,3)18(24)21-16-10-6-4-5-7-11-16/h8-9,12-13,16H,4-7,10-11H2,1-3H3,(H,21,24)(H,22,25). The van der Waals surface area contributed by atoms with Crippen LogP contribution >= 0.6 is 0 Å². The summed E-state index contributed by atoms with van der Waals surface area (Å²) in [6, 6.07) is 6.90. The lowest BCUT2D eigenvalue weighted by molar-refractivity contribution is -0.138. The molecule has 0 saturated heterocycles. The Bertz CT molecular complexity index is 644. The molecule has 1 fully saturated rings. The Hall–Kier alpha value is -2.17. The number of carbonyl (C=O) groups excluding carboxylic acids is 3. The summed E-state index contributed by atoms with van der Waals surface area (Å²) in [5.74, 6) is -0.694. The van der Waals surface area contributed by atoms with Crippen molar-refractivity contribution in [1.29, 1.82) is 0 Å². The minimum atomic E-state index is -1.18. The summed E-state index contributed by atoms with van der Waals surface area (Å²) in [4.78, 5) is 36.7. The number of hydrogen-bond donors (Lipinski definition) is 2. The molecule has 5 nitrogen and oxygen atoms in total. The molecule has 1 aliphatic rings. The van der Waals surface area contributed by atoms with Crippen molar-refractivity contribution >= 4 is 23.3 Å². The van der Waals surface area contributed by atoms with Gasteiger partial charge in [-0.2, -0.15) is 0 Å². The number of anilines is 1. The molecule has 2 N–H and O–H groups in total. The van der Waals surface area contributed by atoms with Gasteiger partial charge in [0.15, 0.2) is 5.78 Å². The average molecular weight is 344 g/mol. The fourth-order valence-electron chi connectivity index (χ4n) is 3.00. The summed E-state index contributed by atoms with van der Waals surface area (Å²) < 4.78 is 0. The highest BCUT2D eigenvalue weighted by Crippen LogP contribution is 2.23. The average Bonchev–Trinajstić information content (AvgIpc) is 2.83. The monoisotopic (exact) mass is 344 g/mol. The quantitative estimate of drug-likeness (QED) is 0.486. The van der Waals surface area contributed by atoms with Crippen LogP contribution in [-0.4, -0.2) is 23.6 Å². The maximum absolute atomic E-state index is 12.6. The van der Waals surface area contributed by atoms with Crippen molar-refractivity contribution in [3.8, 4) is 0 Å². The van der Waals surface area contributed by atoms with E-state index in [0.717, 1.165) is 25.7 Å². The van der Waals surface area contributed by atoms with Crippen LogP contribution in [0.4, 0.5) is 5.69 Å². The molecule has 0 aromatic heterocycles. The molecule has 0 heterocycles. The van der Waals surface area contributed by atoms with Crippen molar-refractivity contribution in [3.63, 3.8) is 0 Å². The van der Waals surface area contributed by atoms with Crippen LogP contribution in [0.25, 0.3) is 0 Å². The summed E-state index contributed by atoms with van der Waals surface area (Å²) >= 11 is 0. The predicted octanol–water partition coefficient (Wildman–Crippen LogP) is 3.69. The van der Waals surface area contributed by atoms with Gasteiger partial charge in [0.2, 0.25) is 11.8 Å². The van der Waals surface area contributed by atoms with Crippen molar-refractivity contribution in [2.75, 3.05) is 5.32 Å². The Labute approximate surface area is 149 Å². The Kier molecular flexibility index (Phi) is 6.34. The van der Waals surface area contributed by atoms with Gasteiger partial charge in [0.25, 0.3) is 0 Å². The Balaban J connectivity index is 2.01. The molecule has 136 valence electrons. The third kappa shape index (κ3) is 5.15. The van der Waals surface area contributed by atoms with Gasteiger partial charge < -0.3 is 10.6 Å². The third-order valence-corrected chi connectivity index (χ3v) is 4.85. The first-order valence-electron chi connectivity index (χ1n) is 9.04. The van der Waals surface area contributed by atoms with E-state index >= 15 is 0 Å². The molecule has 1 aromatic carbocycles. The number of rotatable bonds is 5. The minimum Gasteiger partial charge on any atom is -0.352 e. The number of hydrogen-bond acceptors (Lipinski definition) is 3. The smallest absolute Gasteiger partial charge is 0.239 e. The Morgan fingerprint density at radius 2 is 1.64 bits per heavy atom.